The van der Waals surface area contributed by atoms with Crippen LogP contribution in [0.2, 0.25) is 0 Å². The van der Waals surface area contributed by atoms with E-state index in [2.05, 4.69) is 5.32 Å². The molecule has 0 aromatic heterocycles. The number of carbonyl (C=O) groups excluding carboxylic acids is 2. The van der Waals surface area contributed by atoms with Crippen LogP contribution in [0.25, 0.3) is 0 Å². The molecular weight excluding hydrogens is 346 g/mol. The Kier molecular flexibility index (Phi) is 5.33. The van der Waals surface area contributed by atoms with Crippen molar-refractivity contribution in [1.29, 1.82) is 0 Å². The van der Waals surface area contributed by atoms with E-state index in [0.29, 0.717) is 26.2 Å². The van der Waals surface area contributed by atoms with Crippen molar-refractivity contribution >= 4 is 12.2 Å². The Bertz CT molecular complexity index is 680. The number of rotatable bonds is 2. The van der Waals surface area contributed by atoms with Crippen LogP contribution in [0.15, 0.2) is 30.3 Å². The first-order valence-electron chi connectivity index (χ1n) is 9.41. The minimum Gasteiger partial charge on any atom is -0.445 e. The zero-order valence-electron chi connectivity index (χ0n) is 16.5. The smallest absolute Gasteiger partial charge is 0.410 e. The predicted octanol–water partition coefficient (Wildman–Crippen LogP) is 2.61. The van der Waals surface area contributed by atoms with Crippen molar-refractivity contribution in [3.05, 3.63) is 35.9 Å². The van der Waals surface area contributed by atoms with Crippen molar-refractivity contribution in [2.24, 2.45) is 0 Å². The number of hydrogen-bond acceptors (Lipinski definition) is 5. The third-order valence-electron chi connectivity index (χ3n) is 5.14. The summed E-state index contributed by atoms with van der Waals surface area (Å²) in [7, 11) is 0. The summed E-state index contributed by atoms with van der Waals surface area (Å²) in [6.07, 6.45) is -0.681. The molecule has 2 amide bonds. The van der Waals surface area contributed by atoms with Gasteiger partial charge < -0.3 is 19.7 Å². The van der Waals surface area contributed by atoms with E-state index < -0.39 is 11.1 Å². The number of nitrogens with zero attached hydrogens (tertiary/aromatic N) is 2. The fraction of sp³-hybridized carbons (Fsp3) is 0.600. The molecule has 1 aromatic rings. The van der Waals surface area contributed by atoms with Crippen LogP contribution in [-0.4, -0.2) is 65.3 Å². The van der Waals surface area contributed by atoms with Crippen molar-refractivity contribution in [2.75, 3.05) is 26.2 Å². The van der Waals surface area contributed by atoms with Gasteiger partial charge in [0.05, 0.1) is 18.6 Å². The molecular formula is C20H29N3O4. The van der Waals surface area contributed by atoms with Gasteiger partial charge in [0.1, 0.15) is 12.2 Å². The quantitative estimate of drug-likeness (QED) is 0.860. The first-order valence-corrected chi connectivity index (χ1v) is 9.41. The van der Waals surface area contributed by atoms with E-state index in [1.54, 1.807) is 9.80 Å². The molecule has 3 rings (SSSR count). The molecule has 0 aliphatic carbocycles. The average molecular weight is 375 g/mol. The number of carbonyl (C=O) groups is 2. The van der Waals surface area contributed by atoms with E-state index in [0.717, 1.165) is 5.56 Å². The lowest BCUT2D eigenvalue weighted by molar-refractivity contribution is -0.0855. The molecule has 0 bridgehead atoms. The summed E-state index contributed by atoms with van der Waals surface area (Å²) in [5.41, 5.74) is -0.0416. The van der Waals surface area contributed by atoms with Gasteiger partial charge >= 0.3 is 12.2 Å². The number of amides is 2. The summed E-state index contributed by atoms with van der Waals surface area (Å²) in [5.74, 6) is 0. The Morgan fingerprint density at radius 3 is 2.48 bits per heavy atom. The Hall–Kier alpha value is -2.28. The van der Waals surface area contributed by atoms with E-state index in [4.69, 9.17) is 9.47 Å². The molecule has 7 heteroatoms. The number of ether oxygens (including phenoxy) is 2. The van der Waals surface area contributed by atoms with E-state index in [1.165, 1.54) is 0 Å². The Morgan fingerprint density at radius 1 is 1.19 bits per heavy atom. The fourth-order valence-corrected chi connectivity index (χ4v) is 3.62. The average Bonchev–Trinajstić information content (AvgIpc) is 2.57. The number of benzene rings is 1. The van der Waals surface area contributed by atoms with E-state index in [1.807, 2.05) is 58.0 Å². The van der Waals surface area contributed by atoms with Crippen LogP contribution in [0, 0.1) is 0 Å². The van der Waals surface area contributed by atoms with E-state index >= 15 is 0 Å². The molecule has 1 aromatic carbocycles. The van der Waals surface area contributed by atoms with Gasteiger partial charge in [-0.15, -0.1) is 0 Å². The topological polar surface area (TPSA) is 71.1 Å². The van der Waals surface area contributed by atoms with E-state index in [9.17, 15) is 9.59 Å². The normalized spacial score (nSPS) is 21.6. The molecule has 1 atom stereocenters. The lowest BCUT2D eigenvalue weighted by Crippen LogP contribution is -2.81. The van der Waals surface area contributed by atoms with Crippen molar-refractivity contribution in [1.82, 2.24) is 15.1 Å². The molecule has 2 aliphatic heterocycles. The highest BCUT2D eigenvalue weighted by molar-refractivity contribution is 5.73. The number of likely N-dealkylation sites (tertiary alicyclic amines) is 1. The molecule has 2 saturated heterocycles. The maximum absolute atomic E-state index is 12.8. The fourth-order valence-electron chi connectivity index (χ4n) is 3.62. The van der Waals surface area contributed by atoms with Gasteiger partial charge in [-0.2, -0.15) is 0 Å². The second-order valence-corrected chi connectivity index (χ2v) is 8.31. The highest BCUT2D eigenvalue weighted by Crippen LogP contribution is 2.35. The summed E-state index contributed by atoms with van der Waals surface area (Å²) in [5, 5.41) is 3.41. The van der Waals surface area contributed by atoms with Crippen LogP contribution in [0.5, 0.6) is 0 Å². The van der Waals surface area contributed by atoms with Crippen LogP contribution in [-0.2, 0) is 16.1 Å². The van der Waals surface area contributed by atoms with Crippen molar-refractivity contribution < 1.29 is 19.1 Å². The van der Waals surface area contributed by atoms with Gasteiger partial charge in [0.25, 0.3) is 0 Å². The maximum Gasteiger partial charge on any atom is 0.410 e. The predicted molar refractivity (Wildman–Crippen MR) is 101 cm³/mol. The lowest BCUT2D eigenvalue weighted by Gasteiger charge is -2.59. The third kappa shape index (κ3) is 4.18. The second-order valence-electron chi connectivity index (χ2n) is 8.31. The summed E-state index contributed by atoms with van der Waals surface area (Å²) >= 11 is 0. The van der Waals surface area contributed by atoms with Gasteiger partial charge in [-0.25, -0.2) is 9.59 Å². The van der Waals surface area contributed by atoms with Crippen LogP contribution in [0.1, 0.15) is 33.3 Å². The standard InChI is InChI=1S/C20H29N3O4/c1-15-20(13-22(14-20)17(24)27-19(2,3)4)23(11-10-21-15)18(25)26-12-16-8-6-5-7-9-16/h5-9,15,21H,10-14H2,1-4H3. The van der Waals surface area contributed by atoms with Crippen LogP contribution in [0.4, 0.5) is 9.59 Å². The Labute approximate surface area is 160 Å². The highest BCUT2D eigenvalue weighted by atomic mass is 16.6. The summed E-state index contributed by atoms with van der Waals surface area (Å²) < 4.78 is 11.0. The van der Waals surface area contributed by atoms with Crippen molar-refractivity contribution in [2.45, 2.75) is 51.5 Å². The second kappa shape index (κ2) is 7.38. The summed E-state index contributed by atoms with van der Waals surface area (Å²) in [6.45, 7) is 9.96. The largest absolute Gasteiger partial charge is 0.445 e. The van der Waals surface area contributed by atoms with Crippen LogP contribution in [0.3, 0.4) is 0 Å². The molecule has 1 unspecified atom stereocenters. The molecule has 1 spiro atoms. The first kappa shape index (κ1) is 19.5. The SMILES string of the molecule is CC1NCCN(C(=O)OCc2ccccc2)C12CN(C(=O)OC(C)(C)C)C2. The van der Waals surface area contributed by atoms with Crippen molar-refractivity contribution in [3.8, 4) is 0 Å². The molecule has 0 radical (unpaired) electrons. The molecule has 148 valence electrons. The number of hydrogen-bond donors (Lipinski definition) is 1. The number of nitrogens with one attached hydrogen (secondary N) is 1. The maximum atomic E-state index is 12.8. The lowest BCUT2D eigenvalue weighted by atomic mass is 9.80. The van der Waals surface area contributed by atoms with Crippen LogP contribution >= 0.6 is 0 Å². The first-order chi connectivity index (χ1) is 12.7. The van der Waals surface area contributed by atoms with E-state index in [-0.39, 0.29) is 24.8 Å². The van der Waals surface area contributed by atoms with Gasteiger partial charge in [0.2, 0.25) is 0 Å². The molecule has 2 heterocycles. The molecule has 0 saturated carbocycles. The van der Waals surface area contributed by atoms with Gasteiger partial charge in [-0.3, -0.25) is 4.90 Å². The van der Waals surface area contributed by atoms with Crippen molar-refractivity contribution in [3.63, 3.8) is 0 Å². The monoisotopic (exact) mass is 375 g/mol. The van der Waals surface area contributed by atoms with Gasteiger partial charge in [0.15, 0.2) is 0 Å². The molecule has 7 nitrogen and oxygen atoms in total. The summed E-state index contributed by atoms with van der Waals surface area (Å²) in [4.78, 5) is 28.5. The van der Waals surface area contributed by atoms with Gasteiger partial charge in [-0.05, 0) is 33.3 Å². The zero-order chi connectivity index (χ0) is 19.7. The third-order valence-corrected chi connectivity index (χ3v) is 5.14. The number of piperazine rings is 1. The summed E-state index contributed by atoms with van der Waals surface area (Å²) in [6, 6.07) is 9.69. The molecule has 27 heavy (non-hydrogen) atoms. The van der Waals surface area contributed by atoms with Gasteiger partial charge in [-0.1, -0.05) is 30.3 Å². The molecule has 1 N–H and O–H groups in total. The minimum absolute atomic E-state index is 0.0641. The van der Waals surface area contributed by atoms with Crippen LogP contribution < -0.4 is 5.32 Å². The minimum atomic E-state index is -0.537. The van der Waals surface area contributed by atoms with Gasteiger partial charge in [0, 0.05) is 19.1 Å². The molecule has 2 fully saturated rings. The highest BCUT2D eigenvalue weighted by Gasteiger charge is 2.57. The Morgan fingerprint density at radius 2 is 1.85 bits per heavy atom. The molecule has 2 aliphatic rings. The zero-order valence-corrected chi connectivity index (χ0v) is 16.5. The Balaban J connectivity index is 1.64.